The Hall–Kier alpha value is -2.73. The number of aryl methyl sites for hydroxylation is 1. The summed E-state index contributed by atoms with van der Waals surface area (Å²) in [6.45, 7) is 5.19. The number of ether oxygens (including phenoxy) is 2. The summed E-state index contributed by atoms with van der Waals surface area (Å²) < 4.78 is 41.8. The highest BCUT2D eigenvalue weighted by Crippen LogP contribution is 2.29. The number of hydrogen-bond acceptors (Lipinski definition) is 10. The molecule has 12 heteroatoms. The molecule has 0 aliphatic carbocycles. The fraction of sp³-hybridized carbons (Fsp3) is 0.579. The summed E-state index contributed by atoms with van der Waals surface area (Å²) >= 11 is 0. The Morgan fingerprint density at radius 1 is 1.26 bits per heavy atom. The molecule has 2 aromatic heterocycles. The van der Waals surface area contributed by atoms with Gasteiger partial charge in [0.25, 0.3) is 0 Å². The number of sulfonamides is 1. The predicted molar refractivity (Wildman–Crippen MR) is 111 cm³/mol. The van der Waals surface area contributed by atoms with E-state index in [1.807, 2.05) is 0 Å². The fourth-order valence-corrected chi connectivity index (χ4v) is 5.35. The maximum atomic E-state index is 12.5. The number of anilines is 1. The first-order chi connectivity index (χ1) is 14.7. The molecule has 1 fully saturated rings. The van der Waals surface area contributed by atoms with E-state index in [4.69, 9.17) is 19.6 Å². The smallest absolute Gasteiger partial charge is 0.342 e. The van der Waals surface area contributed by atoms with Crippen molar-refractivity contribution >= 4 is 38.9 Å². The van der Waals surface area contributed by atoms with Gasteiger partial charge in [-0.2, -0.15) is 9.29 Å². The first kappa shape index (κ1) is 22.9. The van der Waals surface area contributed by atoms with Gasteiger partial charge in [0.05, 0.1) is 17.7 Å². The van der Waals surface area contributed by atoms with Crippen LogP contribution in [0.5, 0.6) is 0 Å². The van der Waals surface area contributed by atoms with Crippen LogP contribution < -0.4 is 5.73 Å². The van der Waals surface area contributed by atoms with Gasteiger partial charge in [0.1, 0.15) is 23.2 Å². The Morgan fingerprint density at radius 3 is 2.68 bits per heavy atom. The Bertz CT molecular complexity index is 1100. The third-order valence-corrected chi connectivity index (χ3v) is 7.00. The fourth-order valence-electron chi connectivity index (χ4n) is 3.61. The van der Waals surface area contributed by atoms with Gasteiger partial charge < -0.3 is 19.6 Å². The second-order valence-corrected chi connectivity index (χ2v) is 9.19. The van der Waals surface area contributed by atoms with Crippen LogP contribution in [-0.2, 0) is 30.9 Å². The van der Waals surface area contributed by atoms with E-state index in [0.29, 0.717) is 25.8 Å². The lowest BCUT2D eigenvalue weighted by Gasteiger charge is -2.22. The van der Waals surface area contributed by atoms with E-state index < -0.39 is 28.0 Å². The quantitative estimate of drug-likeness (QED) is 0.580. The number of carbonyl (C=O) groups excluding carboxylic acids is 2. The van der Waals surface area contributed by atoms with E-state index in [1.165, 1.54) is 4.31 Å². The summed E-state index contributed by atoms with van der Waals surface area (Å²) in [6, 6.07) is -0.862. The zero-order chi connectivity index (χ0) is 22.8. The highest BCUT2D eigenvalue weighted by molar-refractivity contribution is 7.89. The van der Waals surface area contributed by atoms with E-state index in [1.54, 1.807) is 20.8 Å². The monoisotopic (exact) mass is 454 g/mol. The zero-order valence-corrected chi connectivity index (χ0v) is 18.5. The van der Waals surface area contributed by atoms with E-state index in [0.717, 1.165) is 0 Å². The number of rotatable bonds is 8. The van der Waals surface area contributed by atoms with Crippen LogP contribution in [0.15, 0.2) is 4.42 Å². The van der Waals surface area contributed by atoms with Crippen molar-refractivity contribution in [2.24, 2.45) is 0 Å². The molecule has 1 aliphatic heterocycles. The maximum Gasteiger partial charge on any atom is 0.342 e. The van der Waals surface area contributed by atoms with Crippen LogP contribution >= 0.6 is 0 Å². The van der Waals surface area contributed by atoms with Gasteiger partial charge in [-0.25, -0.2) is 18.2 Å². The Balaban J connectivity index is 1.77. The van der Waals surface area contributed by atoms with E-state index in [-0.39, 0.29) is 53.0 Å². The Labute approximate surface area is 179 Å². The number of nitrogens with two attached hydrogens (primary N) is 1. The number of carbonyl (C=O) groups is 2. The van der Waals surface area contributed by atoms with Gasteiger partial charge in [-0.1, -0.05) is 6.92 Å². The van der Waals surface area contributed by atoms with E-state index in [2.05, 4.69) is 9.97 Å². The van der Waals surface area contributed by atoms with Gasteiger partial charge in [-0.3, -0.25) is 4.79 Å². The maximum absolute atomic E-state index is 12.5. The second-order valence-electron chi connectivity index (χ2n) is 7.15. The Morgan fingerprint density at radius 2 is 2.00 bits per heavy atom. The first-order valence-electron chi connectivity index (χ1n) is 10.1. The minimum atomic E-state index is -3.52. The topological polar surface area (TPSA) is 155 Å². The third-order valence-electron chi connectivity index (χ3n) is 4.92. The van der Waals surface area contributed by atoms with Crippen molar-refractivity contribution in [3.05, 3.63) is 17.1 Å². The van der Waals surface area contributed by atoms with Crippen molar-refractivity contribution in [3.8, 4) is 0 Å². The number of nitrogen functional groups attached to an aromatic ring is 1. The number of nitrogens with zero attached hydrogens (tertiary/aromatic N) is 3. The average molecular weight is 455 g/mol. The molecule has 1 aliphatic rings. The lowest BCUT2D eigenvalue weighted by molar-refractivity contribution is -0.149. The molecule has 2 aromatic rings. The van der Waals surface area contributed by atoms with Gasteiger partial charge in [0, 0.05) is 6.54 Å². The minimum absolute atomic E-state index is 0.0102. The number of furan rings is 1. The molecule has 0 radical (unpaired) electrons. The molecule has 0 bridgehead atoms. The normalized spacial score (nSPS) is 17.2. The lowest BCUT2D eigenvalue weighted by Crippen LogP contribution is -2.42. The van der Waals surface area contributed by atoms with Crippen LogP contribution in [0.25, 0.3) is 11.1 Å². The molecule has 1 atom stereocenters. The molecule has 1 saturated heterocycles. The highest BCUT2D eigenvalue weighted by atomic mass is 32.2. The van der Waals surface area contributed by atoms with Crippen molar-refractivity contribution in [2.75, 3.05) is 24.6 Å². The van der Waals surface area contributed by atoms with Crippen LogP contribution in [0.3, 0.4) is 0 Å². The molecule has 0 aromatic carbocycles. The molecular weight excluding hydrogens is 428 g/mol. The molecule has 170 valence electrons. The number of fused-ring (bicyclic) bond motifs is 1. The standard InChI is InChI=1S/C19H26N4O7S/c1-4-9-31(26,27)23-8-6-7-12(23)18(24)29-10-13-21-16(20)15-14(19(25)28-5-2)11(3)30-17(15)22-13/h12H,4-10H2,1-3H3,(H2,20,21,22). The molecule has 2 N–H and O–H groups in total. The Kier molecular flexibility index (Phi) is 6.80. The number of hydrogen-bond donors (Lipinski definition) is 1. The number of esters is 2. The van der Waals surface area contributed by atoms with Crippen molar-refractivity contribution in [3.63, 3.8) is 0 Å². The molecule has 0 amide bonds. The molecule has 3 heterocycles. The first-order valence-corrected chi connectivity index (χ1v) is 11.7. The summed E-state index contributed by atoms with van der Waals surface area (Å²) in [5.41, 5.74) is 6.23. The van der Waals surface area contributed by atoms with Crippen molar-refractivity contribution < 1.29 is 31.9 Å². The van der Waals surface area contributed by atoms with Gasteiger partial charge in [0.2, 0.25) is 15.7 Å². The van der Waals surface area contributed by atoms with Crippen LogP contribution in [0, 0.1) is 6.92 Å². The SMILES string of the molecule is CCCS(=O)(=O)N1CCCC1C(=O)OCc1nc(N)c2c(C(=O)OCC)c(C)oc2n1. The molecule has 0 spiro atoms. The van der Waals surface area contributed by atoms with Gasteiger partial charge >= 0.3 is 11.9 Å². The minimum Gasteiger partial charge on any atom is -0.462 e. The van der Waals surface area contributed by atoms with Crippen molar-refractivity contribution in [1.82, 2.24) is 14.3 Å². The largest absolute Gasteiger partial charge is 0.462 e. The van der Waals surface area contributed by atoms with Crippen molar-refractivity contribution in [1.29, 1.82) is 0 Å². The summed E-state index contributed by atoms with van der Waals surface area (Å²) in [5.74, 6) is -0.933. The van der Waals surface area contributed by atoms with Crippen LogP contribution in [-0.4, -0.2) is 59.6 Å². The molecule has 11 nitrogen and oxygen atoms in total. The molecule has 31 heavy (non-hydrogen) atoms. The summed E-state index contributed by atoms with van der Waals surface area (Å²) in [4.78, 5) is 33.0. The molecule has 3 rings (SSSR count). The van der Waals surface area contributed by atoms with Gasteiger partial charge in [-0.15, -0.1) is 0 Å². The van der Waals surface area contributed by atoms with Gasteiger partial charge in [-0.05, 0) is 33.1 Å². The summed E-state index contributed by atoms with van der Waals surface area (Å²) in [6.07, 6.45) is 1.44. The summed E-state index contributed by atoms with van der Waals surface area (Å²) in [5, 5.41) is 0.235. The average Bonchev–Trinajstić information content (AvgIpc) is 3.31. The lowest BCUT2D eigenvalue weighted by atomic mass is 10.2. The number of aromatic nitrogens is 2. The highest BCUT2D eigenvalue weighted by Gasteiger charge is 2.39. The molecule has 0 saturated carbocycles. The predicted octanol–water partition coefficient (Wildman–Crippen LogP) is 1.54. The summed E-state index contributed by atoms with van der Waals surface area (Å²) in [7, 11) is -3.52. The third kappa shape index (κ3) is 4.64. The molecule has 1 unspecified atom stereocenters. The van der Waals surface area contributed by atoms with Crippen molar-refractivity contribution in [2.45, 2.75) is 52.7 Å². The van der Waals surface area contributed by atoms with Crippen LogP contribution in [0.4, 0.5) is 5.82 Å². The zero-order valence-electron chi connectivity index (χ0n) is 17.7. The second kappa shape index (κ2) is 9.18. The van der Waals surface area contributed by atoms with E-state index >= 15 is 0 Å². The van der Waals surface area contributed by atoms with E-state index in [9.17, 15) is 18.0 Å². The molecular formula is C19H26N4O7S. The van der Waals surface area contributed by atoms with Crippen LogP contribution in [0.1, 0.15) is 55.1 Å². The van der Waals surface area contributed by atoms with Crippen LogP contribution in [0.2, 0.25) is 0 Å². The van der Waals surface area contributed by atoms with Gasteiger partial charge in [0.15, 0.2) is 12.4 Å².